The van der Waals surface area contributed by atoms with Gasteiger partial charge in [-0.2, -0.15) is 0 Å². The van der Waals surface area contributed by atoms with E-state index < -0.39 is 6.04 Å². The van der Waals surface area contributed by atoms with Gasteiger partial charge in [0, 0.05) is 25.9 Å². The van der Waals surface area contributed by atoms with Crippen molar-refractivity contribution in [1.29, 1.82) is 0 Å². The van der Waals surface area contributed by atoms with Crippen molar-refractivity contribution >= 4 is 24.2 Å². The van der Waals surface area contributed by atoms with Crippen LogP contribution in [0.1, 0.15) is 44.6 Å². The topological polar surface area (TPSA) is 61.4 Å². The first kappa shape index (κ1) is 22.7. The molecule has 2 atom stereocenters. The van der Waals surface area contributed by atoms with Gasteiger partial charge in [-0.15, -0.1) is 12.4 Å². The Kier molecular flexibility index (Phi) is 9.26. The maximum atomic E-state index is 13.0. The van der Waals surface area contributed by atoms with Crippen molar-refractivity contribution in [3.05, 3.63) is 35.9 Å². The van der Waals surface area contributed by atoms with Crippen molar-refractivity contribution in [2.75, 3.05) is 26.2 Å². The molecule has 0 aliphatic carbocycles. The van der Waals surface area contributed by atoms with Crippen molar-refractivity contribution in [2.24, 2.45) is 11.8 Å². The first-order chi connectivity index (χ1) is 13.1. The van der Waals surface area contributed by atoms with E-state index in [1.54, 1.807) is 0 Å². The number of amides is 2. The van der Waals surface area contributed by atoms with Crippen molar-refractivity contribution in [2.45, 2.75) is 51.5 Å². The number of benzene rings is 1. The van der Waals surface area contributed by atoms with E-state index in [0.717, 1.165) is 57.4 Å². The van der Waals surface area contributed by atoms with E-state index in [2.05, 4.69) is 17.6 Å². The number of piperidine rings is 1. The quantitative estimate of drug-likeness (QED) is 0.730. The second-order valence-electron chi connectivity index (χ2n) is 8.11. The molecular formula is C22H34ClN3O2. The lowest BCUT2D eigenvalue weighted by atomic mass is 9.84. The second kappa shape index (κ2) is 11.4. The average Bonchev–Trinajstić information content (AvgIpc) is 3.23. The van der Waals surface area contributed by atoms with Crippen LogP contribution in [0.5, 0.6) is 0 Å². The molecule has 2 fully saturated rings. The summed E-state index contributed by atoms with van der Waals surface area (Å²) < 4.78 is 0. The molecule has 0 saturated carbocycles. The zero-order valence-corrected chi connectivity index (χ0v) is 17.7. The van der Waals surface area contributed by atoms with Crippen molar-refractivity contribution < 1.29 is 9.59 Å². The fraction of sp³-hybridized carbons (Fsp3) is 0.636. The van der Waals surface area contributed by atoms with Crippen LogP contribution < -0.4 is 10.6 Å². The largest absolute Gasteiger partial charge is 0.344 e. The minimum Gasteiger partial charge on any atom is -0.344 e. The van der Waals surface area contributed by atoms with Gasteiger partial charge in [0.15, 0.2) is 0 Å². The molecule has 6 heteroatoms. The Labute approximate surface area is 175 Å². The molecule has 0 spiro atoms. The summed E-state index contributed by atoms with van der Waals surface area (Å²) in [5.74, 6) is 1.03. The van der Waals surface area contributed by atoms with Crippen LogP contribution in [0, 0.1) is 11.8 Å². The van der Waals surface area contributed by atoms with E-state index in [4.69, 9.17) is 0 Å². The van der Waals surface area contributed by atoms with E-state index >= 15 is 0 Å². The highest BCUT2D eigenvalue weighted by Crippen LogP contribution is 2.24. The van der Waals surface area contributed by atoms with Crippen molar-refractivity contribution in [1.82, 2.24) is 15.5 Å². The Bertz CT molecular complexity index is 613. The van der Waals surface area contributed by atoms with E-state index in [0.29, 0.717) is 24.7 Å². The monoisotopic (exact) mass is 407 g/mol. The smallest absolute Gasteiger partial charge is 0.245 e. The van der Waals surface area contributed by atoms with Crippen LogP contribution in [-0.2, 0) is 16.0 Å². The number of nitrogens with zero attached hydrogens (tertiary/aromatic N) is 1. The SMILES string of the molecule is CC(CC(=O)NC(Cc1ccccc1)C(=O)N1CCCC1)C1CCNCC1.Cl. The van der Waals surface area contributed by atoms with Crippen LogP contribution in [0.15, 0.2) is 30.3 Å². The summed E-state index contributed by atoms with van der Waals surface area (Å²) in [5.41, 5.74) is 1.08. The Morgan fingerprint density at radius 1 is 1.14 bits per heavy atom. The van der Waals surface area contributed by atoms with Crippen molar-refractivity contribution in [3.8, 4) is 0 Å². The van der Waals surface area contributed by atoms with Crippen LogP contribution in [0.25, 0.3) is 0 Å². The van der Waals surface area contributed by atoms with Crippen LogP contribution >= 0.6 is 12.4 Å². The standard InChI is InChI=1S/C22H33N3O2.ClH/c1-17(19-9-11-23-12-10-19)15-21(26)24-20(16-18-7-3-2-4-8-18)22(27)25-13-5-6-14-25;/h2-4,7-8,17,19-20,23H,5-6,9-16H2,1H3,(H,24,26);1H. The highest BCUT2D eigenvalue weighted by Gasteiger charge is 2.29. The summed E-state index contributed by atoms with van der Waals surface area (Å²) in [5, 5.41) is 6.44. The van der Waals surface area contributed by atoms with E-state index in [9.17, 15) is 9.59 Å². The van der Waals surface area contributed by atoms with E-state index in [-0.39, 0.29) is 24.2 Å². The van der Waals surface area contributed by atoms with Crippen LogP contribution in [0.4, 0.5) is 0 Å². The van der Waals surface area contributed by atoms with Crippen LogP contribution in [-0.4, -0.2) is 48.9 Å². The second-order valence-corrected chi connectivity index (χ2v) is 8.11. The molecule has 156 valence electrons. The fourth-order valence-corrected chi connectivity index (χ4v) is 4.33. The molecule has 0 radical (unpaired) electrons. The predicted molar refractivity (Wildman–Crippen MR) is 115 cm³/mol. The maximum absolute atomic E-state index is 13.0. The molecular weight excluding hydrogens is 374 g/mol. The Hall–Kier alpha value is -1.59. The molecule has 5 nitrogen and oxygen atoms in total. The maximum Gasteiger partial charge on any atom is 0.245 e. The van der Waals surface area contributed by atoms with Crippen LogP contribution in [0.3, 0.4) is 0 Å². The summed E-state index contributed by atoms with van der Waals surface area (Å²) in [7, 11) is 0. The molecule has 2 aliphatic rings. The molecule has 1 aromatic carbocycles. The molecule has 0 bridgehead atoms. The van der Waals surface area contributed by atoms with E-state index in [1.165, 1.54) is 0 Å². The Morgan fingerprint density at radius 2 is 1.79 bits per heavy atom. The lowest BCUT2D eigenvalue weighted by molar-refractivity contribution is -0.135. The normalized spacial score (nSPS) is 19.5. The van der Waals surface area contributed by atoms with Gasteiger partial charge in [0.1, 0.15) is 6.04 Å². The average molecular weight is 408 g/mol. The van der Waals surface area contributed by atoms with Gasteiger partial charge in [-0.3, -0.25) is 9.59 Å². The molecule has 3 rings (SSSR count). The van der Waals surface area contributed by atoms with Gasteiger partial charge in [0.05, 0.1) is 0 Å². The first-order valence-electron chi connectivity index (χ1n) is 10.5. The molecule has 1 aromatic rings. The molecule has 2 saturated heterocycles. The molecule has 2 heterocycles. The number of rotatable bonds is 7. The number of carbonyl (C=O) groups excluding carboxylic acids is 2. The third-order valence-corrected chi connectivity index (χ3v) is 6.03. The molecule has 2 unspecified atom stereocenters. The lowest BCUT2D eigenvalue weighted by Gasteiger charge is -2.29. The molecule has 0 aromatic heterocycles. The van der Waals surface area contributed by atoms with Gasteiger partial charge in [-0.25, -0.2) is 0 Å². The minimum atomic E-state index is -0.460. The summed E-state index contributed by atoms with van der Waals surface area (Å²) in [6, 6.07) is 9.52. The summed E-state index contributed by atoms with van der Waals surface area (Å²) in [6.45, 7) is 5.88. The summed E-state index contributed by atoms with van der Waals surface area (Å²) in [6.07, 6.45) is 5.45. The summed E-state index contributed by atoms with van der Waals surface area (Å²) in [4.78, 5) is 27.6. The number of carbonyl (C=O) groups is 2. The van der Waals surface area contributed by atoms with E-state index in [1.807, 2.05) is 35.2 Å². The highest BCUT2D eigenvalue weighted by molar-refractivity contribution is 5.88. The lowest BCUT2D eigenvalue weighted by Crippen LogP contribution is -2.49. The number of halogens is 1. The Balaban J connectivity index is 0.00000280. The number of likely N-dealkylation sites (tertiary alicyclic amines) is 1. The van der Waals surface area contributed by atoms with Gasteiger partial charge in [-0.1, -0.05) is 37.3 Å². The van der Waals surface area contributed by atoms with Crippen LogP contribution in [0.2, 0.25) is 0 Å². The molecule has 28 heavy (non-hydrogen) atoms. The number of hydrogen-bond donors (Lipinski definition) is 2. The third kappa shape index (κ3) is 6.49. The molecule has 2 amide bonds. The Morgan fingerprint density at radius 3 is 2.43 bits per heavy atom. The first-order valence-corrected chi connectivity index (χ1v) is 10.5. The number of nitrogens with one attached hydrogen (secondary N) is 2. The van der Waals surface area contributed by atoms with Crippen molar-refractivity contribution in [3.63, 3.8) is 0 Å². The van der Waals surface area contributed by atoms with Gasteiger partial charge in [-0.05, 0) is 56.2 Å². The number of hydrogen-bond acceptors (Lipinski definition) is 3. The predicted octanol–water partition coefficient (Wildman–Crippen LogP) is 2.78. The van der Waals surface area contributed by atoms with Gasteiger partial charge in [0.2, 0.25) is 11.8 Å². The highest BCUT2D eigenvalue weighted by atomic mass is 35.5. The van der Waals surface area contributed by atoms with Gasteiger partial charge >= 0.3 is 0 Å². The van der Waals surface area contributed by atoms with Gasteiger partial charge in [0.25, 0.3) is 0 Å². The molecule has 2 N–H and O–H groups in total. The van der Waals surface area contributed by atoms with Gasteiger partial charge < -0.3 is 15.5 Å². The minimum absolute atomic E-state index is 0. The third-order valence-electron chi connectivity index (χ3n) is 6.03. The zero-order valence-electron chi connectivity index (χ0n) is 16.9. The molecule has 2 aliphatic heterocycles. The summed E-state index contributed by atoms with van der Waals surface area (Å²) >= 11 is 0. The zero-order chi connectivity index (χ0) is 19.1. The fourth-order valence-electron chi connectivity index (χ4n) is 4.33.